The fraction of sp³-hybridized carbons (Fsp3) is 0.562. The average molecular weight is 388 g/mol. The summed E-state index contributed by atoms with van der Waals surface area (Å²) in [5.41, 5.74) is 4.04. The smallest absolute Gasteiger partial charge is 0.421 e. The van der Waals surface area contributed by atoms with Crippen LogP contribution in [0, 0.1) is 0 Å². The van der Waals surface area contributed by atoms with Crippen LogP contribution in [0.5, 0.6) is 5.88 Å². The van der Waals surface area contributed by atoms with Crippen molar-refractivity contribution in [1.29, 1.82) is 0 Å². The maximum atomic E-state index is 13.4. The summed E-state index contributed by atoms with van der Waals surface area (Å²) in [4.78, 5) is 3.84. The van der Waals surface area contributed by atoms with Crippen LogP contribution < -0.4 is 10.5 Å². The molecule has 4 N–H and O–H groups in total. The normalized spacial score (nSPS) is 21.4. The number of nitrogens with zero attached hydrogens (tertiary/aromatic N) is 3. The van der Waals surface area contributed by atoms with Gasteiger partial charge in [-0.15, -0.1) is 10.2 Å². The van der Waals surface area contributed by atoms with E-state index < -0.39 is 36.4 Å². The molecular formula is C16H19F3N4O4. The van der Waals surface area contributed by atoms with E-state index in [1.54, 1.807) is 0 Å². The maximum absolute atomic E-state index is 13.4. The lowest BCUT2D eigenvalue weighted by molar-refractivity contribution is -0.139. The molecule has 11 heteroatoms. The van der Waals surface area contributed by atoms with Crippen molar-refractivity contribution in [3.05, 3.63) is 17.5 Å². The molecule has 27 heavy (non-hydrogen) atoms. The van der Waals surface area contributed by atoms with Gasteiger partial charge in [0.2, 0.25) is 11.8 Å². The number of nitrogens with two attached hydrogens (primary N) is 1. The molecule has 0 amide bonds. The summed E-state index contributed by atoms with van der Waals surface area (Å²) in [5, 5.41) is 27.0. The predicted octanol–water partition coefficient (Wildman–Crippen LogP) is 2.47. The van der Waals surface area contributed by atoms with Crippen LogP contribution in [0.15, 0.2) is 10.5 Å². The van der Waals surface area contributed by atoms with Crippen molar-refractivity contribution >= 4 is 5.69 Å². The van der Waals surface area contributed by atoms with Crippen molar-refractivity contribution in [2.24, 2.45) is 0 Å². The van der Waals surface area contributed by atoms with Crippen LogP contribution in [-0.2, 0) is 6.18 Å². The van der Waals surface area contributed by atoms with Crippen molar-refractivity contribution in [2.45, 2.75) is 50.5 Å². The number of rotatable bonds is 1. The molecule has 0 saturated carbocycles. The van der Waals surface area contributed by atoms with Crippen LogP contribution in [0.2, 0.25) is 0 Å². The van der Waals surface area contributed by atoms with Gasteiger partial charge in [0.15, 0.2) is 5.69 Å². The number of aliphatic hydroxyl groups is 2. The van der Waals surface area contributed by atoms with Gasteiger partial charge in [-0.05, 0) is 25.3 Å². The number of alkyl halides is 3. The summed E-state index contributed by atoms with van der Waals surface area (Å²) >= 11 is 0. The van der Waals surface area contributed by atoms with Gasteiger partial charge >= 0.3 is 6.18 Å². The molecule has 148 valence electrons. The highest BCUT2D eigenvalue weighted by Crippen LogP contribution is 2.40. The quantitative estimate of drug-likeness (QED) is 0.680. The lowest BCUT2D eigenvalue weighted by atomic mass is 10.1. The molecule has 1 aliphatic heterocycles. The van der Waals surface area contributed by atoms with Crippen LogP contribution >= 0.6 is 0 Å². The molecule has 2 atom stereocenters. The van der Waals surface area contributed by atoms with E-state index in [0.29, 0.717) is 38.2 Å². The van der Waals surface area contributed by atoms with Crippen LogP contribution in [0.4, 0.5) is 18.9 Å². The van der Waals surface area contributed by atoms with Crippen LogP contribution in [0.25, 0.3) is 11.6 Å². The van der Waals surface area contributed by atoms with Gasteiger partial charge in [0.1, 0.15) is 17.8 Å². The monoisotopic (exact) mass is 388 g/mol. The van der Waals surface area contributed by atoms with Crippen LogP contribution in [-0.4, -0.2) is 38.1 Å². The Labute approximate surface area is 152 Å². The number of halogens is 3. The van der Waals surface area contributed by atoms with E-state index in [2.05, 4.69) is 15.2 Å². The molecule has 2 aromatic rings. The Morgan fingerprint density at radius 1 is 1.19 bits per heavy atom. The molecule has 2 unspecified atom stereocenters. The summed E-state index contributed by atoms with van der Waals surface area (Å²) in [6, 6.07) is 0.679. The highest BCUT2D eigenvalue weighted by molar-refractivity contribution is 5.68. The molecule has 0 aromatic carbocycles. The minimum absolute atomic E-state index is 0.0566. The molecule has 0 fully saturated rings. The van der Waals surface area contributed by atoms with Crippen molar-refractivity contribution in [3.63, 3.8) is 0 Å². The summed E-state index contributed by atoms with van der Waals surface area (Å²) in [6.07, 6.45) is -3.97. The average Bonchev–Trinajstić information content (AvgIpc) is 3.09. The summed E-state index contributed by atoms with van der Waals surface area (Å²) < 4.78 is 50.8. The van der Waals surface area contributed by atoms with Gasteiger partial charge in [-0.2, -0.15) is 13.2 Å². The van der Waals surface area contributed by atoms with E-state index in [1.807, 2.05) is 0 Å². The number of hydrogen-bond donors (Lipinski definition) is 3. The van der Waals surface area contributed by atoms with E-state index in [9.17, 15) is 23.4 Å². The molecule has 0 aliphatic carbocycles. The fourth-order valence-corrected chi connectivity index (χ4v) is 2.80. The largest absolute Gasteiger partial charge is 0.471 e. The summed E-state index contributed by atoms with van der Waals surface area (Å²) in [5.74, 6) is -1.00. The second-order valence-corrected chi connectivity index (χ2v) is 6.30. The summed E-state index contributed by atoms with van der Waals surface area (Å²) in [7, 11) is 0. The Morgan fingerprint density at radius 3 is 2.63 bits per heavy atom. The van der Waals surface area contributed by atoms with Gasteiger partial charge in [0.05, 0.1) is 12.3 Å². The first kappa shape index (κ1) is 19.4. The number of anilines is 1. The number of nitrogen functional groups attached to an aromatic ring is 1. The second kappa shape index (κ2) is 7.69. The van der Waals surface area contributed by atoms with Gasteiger partial charge in [-0.25, -0.2) is 4.98 Å². The van der Waals surface area contributed by atoms with Gasteiger partial charge < -0.3 is 25.1 Å². The van der Waals surface area contributed by atoms with Gasteiger partial charge in [0.25, 0.3) is 5.89 Å². The Bertz CT molecular complexity index is 796. The predicted molar refractivity (Wildman–Crippen MR) is 86.5 cm³/mol. The second-order valence-electron chi connectivity index (χ2n) is 6.30. The third-order valence-corrected chi connectivity index (χ3v) is 4.24. The highest BCUT2D eigenvalue weighted by atomic mass is 19.4. The number of fused-ring (bicyclic) bond motifs is 5. The van der Waals surface area contributed by atoms with Gasteiger partial charge in [-0.1, -0.05) is 12.8 Å². The number of hydrogen-bond acceptors (Lipinski definition) is 8. The number of aliphatic hydroxyl groups excluding tert-OH is 2. The van der Waals surface area contributed by atoms with E-state index in [0.717, 1.165) is 0 Å². The number of ether oxygens (including phenoxy) is 1. The highest BCUT2D eigenvalue weighted by Gasteiger charge is 2.37. The molecule has 0 spiro atoms. The SMILES string of the molecule is Nc1cc(C(F)(F)F)c2nc1-c1nnc(o1)C(O)CCCCCC(CO)O2. The lowest BCUT2D eigenvalue weighted by Gasteiger charge is -2.20. The van der Waals surface area contributed by atoms with E-state index in [4.69, 9.17) is 14.9 Å². The molecule has 0 radical (unpaired) electrons. The lowest BCUT2D eigenvalue weighted by Crippen LogP contribution is -2.24. The van der Waals surface area contributed by atoms with Crippen molar-refractivity contribution in [3.8, 4) is 17.5 Å². The van der Waals surface area contributed by atoms with Gasteiger partial charge in [-0.3, -0.25) is 0 Å². The zero-order valence-corrected chi connectivity index (χ0v) is 14.2. The van der Waals surface area contributed by atoms with Crippen molar-refractivity contribution < 1.29 is 32.5 Å². The van der Waals surface area contributed by atoms with Crippen molar-refractivity contribution in [1.82, 2.24) is 15.2 Å². The minimum atomic E-state index is -4.75. The maximum Gasteiger partial charge on any atom is 0.421 e. The Morgan fingerprint density at radius 2 is 1.93 bits per heavy atom. The first-order valence-electron chi connectivity index (χ1n) is 8.46. The topological polar surface area (TPSA) is 128 Å². The molecular weight excluding hydrogens is 369 g/mol. The zero-order chi connectivity index (χ0) is 19.6. The number of aromatic nitrogens is 3. The van der Waals surface area contributed by atoms with Gasteiger partial charge in [0, 0.05) is 0 Å². The van der Waals surface area contributed by atoms with E-state index in [-0.39, 0.29) is 23.2 Å². The Hall–Kier alpha value is -2.40. The molecule has 1 aliphatic rings. The molecule has 3 heterocycles. The van der Waals surface area contributed by atoms with Crippen LogP contribution in [0.1, 0.15) is 49.7 Å². The van der Waals surface area contributed by atoms with Crippen LogP contribution in [0.3, 0.4) is 0 Å². The molecule has 8 nitrogen and oxygen atoms in total. The molecule has 0 saturated heterocycles. The molecule has 3 rings (SSSR count). The van der Waals surface area contributed by atoms with Crippen molar-refractivity contribution in [2.75, 3.05) is 12.3 Å². The first-order chi connectivity index (χ1) is 12.8. The standard InChI is InChI=1S/C16H19F3N4O4/c17-16(18,19)9-6-10(20)12-15-23-22-14(27-15)11(25)5-3-1-2-4-8(7-24)26-13(9)21-12/h6,8,11,24-25H,1-5,7,20H2. The zero-order valence-electron chi connectivity index (χ0n) is 14.2. The Balaban J connectivity index is 2.10. The minimum Gasteiger partial charge on any atom is -0.471 e. The third kappa shape index (κ3) is 4.30. The summed E-state index contributed by atoms with van der Waals surface area (Å²) in [6.45, 7) is -0.466. The van der Waals surface area contributed by atoms with E-state index in [1.165, 1.54) is 0 Å². The van der Waals surface area contributed by atoms with E-state index >= 15 is 0 Å². The Kier molecular flexibility index (Phi) is 5.51. The number of pyridine rings is 1. The first-order valence-corrected chi connectivity index (χ1v) is 8.46. The molecule has 2 aromatic heterocycles. The molecule has 4 bridgehead atoms. The fourth-order valence-electron chi connectivity index (χ4n) is 2.80. The third-order valence-electron chi connectivity index (χ3n) is 4.24.